The molecule has 0 fully saturated rings. The zero-order valence-electron chi connectivity index (χ0n) is 13.0. The van der Waals surface area contributed by atoms with Crippen LogP contribution >= 0.6 is 0 Å². The van der Waals surface area contributed by atoms with Crippen LogP contribution in [0.15, 0.2) is 42.5 Å². The van der Waals surface area contributed by atoms with Gasteiger partial charge in [0.2, 0.25) is 11.5 Å². The number of anilines is 1. The quantitative estimate of drug-likeness (QED) is 0.939. The van der Waals surface area contributed by atoms with Crippen LogP contribution < -0.4 is 19.5 Å². The van der Waals surface area contributed by atoms with Gasteiger partial charge in [-0.25, -0.2) is 0 Å². The molecule has 0 radical (unpaired) electrons. The van der Waals surface area contributed by atoms with E-state index in [0.717, 1.165) is 0 Å². The van der Waals surface area contributed by atoms with Crippen molar-refractivity contribution >= 4 is 11.7 Å². The van der Waals surface area contributed by atoms with Crippen LogP contribution in [0.3, 0.4) is 0 Å². The van der Waals surface area contributed by atoms with Crippen LogP contribution in [-0.2, 0) is 4.79 Å². The molecule has 23 heavy (non-hydrogen) atoms. The van der Waals surface area contributed by atoms with Crippen LogP contribution in [0.4, 0.5) is 5.82 Å². The largest absolute Gasteiger partial charge is 0.485 e. The summed E-state index contributed by atoms with van der Waals surface area (Å²) < 4.78 is 16.8. The molecule has 1 aromatic heterocycles. The summed E-state index contributed by atoms with van der Waals surface area (Å²) >= 11 is 0. The summed E-state index contributed by atoms with van der Waals surface area (Å²) in [5.74, 6) is 1.72. The predicted molar refractivity (Wildman–Crippen MR) is 85.0 cm³/mol. The van der Waals surface area contributed by atoms with Crippen molar-refractivity contribution in [1.29, 1.82) is 0 Å². The molecule has 0 bridgehead atoms. The van der Waals surface area contributed by atoms with Gasteiger partial charge in [0.1, 0.15) is 12.4 Å². The van der Waals surface area contributed by atoms with Gasteiger partial charge >= 0.3 is 0 Å². The smallest absolute Gasteiger partial charge is 0.273 e. The van der Waals surface area contributed by atoms with Crippen molar-refractivity contribution in [2.45, 2.75) is 19.4 Å². The van der Waals surface area contributed by atoms with E-state index in [-0.39, 0.29) is 12.5 Å². The molecule has 120 valence electrons. The van der Waals surface area contributed by atoms with Gasteiger partial charge < -0.3 is 19.5 Å². The highest BCUT2D eigenvalue weighted by molar-refractivity contribution is 5.97. The van der Waals surface area contributed by atoms with Crippen LogP contribution in [0.5, 0.6) is 17.4 Å². The van der Waals surface area contributed by atoms with Gasteiger partial charge in [-0.1, -0.05) is 18.2 Å². The van der Waals surface area contributed by atoms with Crippen LogP contribution in [0.1, 0.15) is 13.8 Å². The third kappa shape index (κ3) is 3.21. The van der Waals surface area contributed by atoms with Gasteiger partial charge in [0.05, 0.1) is 6.61 Å². The number of amides is 1. The lowest BCUT2D eigenvalue weighted by Crippen LogP contribution is -2.52. The first-order chi connectivity index (χ1) is 11.1. The highest BCUT2D eigenvalue weighted by Gasteiger charge is 2.40. The number of carbonyl (C=O) groups excluding carboxylic acids is 1. The molecule has 2 aromatic rings. The summed E-state index contributed by atoms with van der Waals surface area (Å²) in [6.07, 6.45) is 0. The molecule has 1 amide bonds. The average molecular weight is 314 g/mol. The Hall–Kier alpha value is -2.76. The van der Waals surface area contributed by atoms with E-state index in [1.165, 1.54) is 0 Å². The van der Waals surface area contributed by atoms with E-state index in [0.29, 0.717) is 29.8 Å². The molecule has 0 saturated carbocycles. The molecule has 0 spiro atoms. The molecule has 6 nitrogen and oxygen atoms in total. The molecule has 6 heteroatoms. The minimum absolute atomic E-state index is 0.126. The van der Waals surface area contributed by atoms with Crippen molar-refractivity contribution in [2.75, 3.05) is 18.5 Å². The fourth-order valence-corrected chi connectivity index (χ4v) is 2.21. The lowest BCUT2D eigenvalue weighted by molar-refractivity contribution is -0.134. The Labute approximate surface area is 134 Å². The summed E-state index contributed by atoms with van der Waals surface area (Å²) in [5.41, 5.74) is -1.13. The third-order valence-electron chi connectivity index (χ3n) is 3.43. The van der Waals surface area contributed by atoms with Crippen LogP contribution in [0.25, 0.3) is 0 Å². The minimum atomic E-state index is -1.13. The molecule has 1 atom stereocenters. The van der Waals surface area contributed by atoms with E-state index in [2.05, 4.69) is 10.3 Å². The lowest BCUT2D eigenvalue weighted by Gasteiger charge is -2.33. The van der Waals surface area contributed by atoms with Crippen molar-refractivity contribution in [2.24, 2.45) is 0 Å². The van der Waals surface area contributed by atoms with Crippen LogP contribution in [0, 0.1) is 0 Å². The highest BCUT2D eigenvalue weighted by atomic mass is 16.6. The molecule has 0 aliphatic carbocycles. The van der Waals surface area contributed by atoms with Crippen LogP contribution in [-0.4, -0.2) is 29.7 Å². The number of para-hydroxylation sites is 2. The first-order valence-corrected chi connectivity index (χ1v) is 7.43. The van der Waals surface area contributed by atoms with Gasteiger partial charge in [-0.05, 0) is 32.0 Å². The maximum Gasteiger partial charge on any atom is 0.273 e. The number of carbonyl (C=O) groups is 1. The number of benzene rings is 1. The Morgan fingerprint density at radius 2 is 2.04 bits per heavy atom. The minimum Gasteiger partial charge on any atom is -0.485 e. The fourth-order valence-electron chi connectivity index (χ4n) is 2.21. The second-order valence-corrected chi connectivity index (χ2v) is 5.32. The number of nitrogens with one attached hydrogen (secondary N) is 1. The van der Waals surface area contributed by atoms with Crippen molar-refractivity contribution in [3.05, 3.63) is 42.5 Å². The van der Waals surface area contributed by atoms with E-state index in [1.807, 2.05) is 19.1 Å². The number of ether oxygens (including phenoxy) is 3. The first kappa shape index (κ1) is 15.1. The van der Waals surface area contributed by atoms with E-state index in [9.17, 15) is 4.79 Å². The standard InChI is InChI=1S/C17H18N2O4/c1-3-21-15-10-6-9-14(18-15)19-16(20)17(2)11-22-12-7-4-5-8-13(12)23-17/h4-10H,3,11H2,1-2H3,(H,18,19,20). The zero-order valence-corrected chi connectivity index (χ0v) is 13.0. The van der Waals surface area contributed by atoms with Gasteiger partial charge in [0.25, 0.3) is 5.91 Å². The van der Waals surface area contributed by atoms with Gasteiger partial charge in [0, 0.05) is 6.07 Å². The van der Waals surface area contributed by atoms with Crippen molar-refractivity contribution in [3.63, 3.8) is 0 Å². The summed E-state index contributed by atoms with van der Waals surface area (Å²) in [6, 6.07) is 12.5. The van der Waals surface area contributed by atoms with E-state index in [1.54, 1.807) is 37.3 Å². The SMILES string of the molecule is CCOc1cccc(NC(=O)C2(C)COc3ccccc3O2)n1. The molecule has 1 aliphatic rings. The summed E-state index contributed by atoms with van der Waals surface area (Å²) in [7, 11) is 0. The van der Waals surface area contributed by atoms with Gasteiger partial charge in [-0.2, -0.15) is 4.98 Å². The zero-order chi connectivity index (χ0) is 16.3. The van der Waals surface area contributed by atoms with Crippen molar-refractivity contribution in [3.8, 4) is 17.4 Å². The number of pyridine rings is 1. The number of aromatic nitrogens is 1. The maximum absolute atomic E-state index is 12.6. The lowest BCUT2D eigenvalue weighted by atomic mass is 10.1. The summed E-state index contributed by atoms with van der Waals surface area (Å²) in [6.45, 7) is 4.19. The van der Waals surface area contributed by atoms with Gasteiger partial charge in [-0.15, -0.1) is 0 Å². The predicted octanol–water partition coefficient (Wildman–Crippen LogP) is 2.65. The molecule has 1 aromatic carbocycles. The monoisotopic (exact) mass is 314 g/mol. The second-order valence-electron chi connectivity index (χ2n) is 5.32. The third-order valence-corrected chi connectivity index (χ3v) is 3.43. The molecule has 1 aliphatic heterocycles. The Bertz CT molecular complexity index is 719. The highest BCUT2D eigenvalue weighted by Crippen LogP contribution is 2.35. The number of fused-ring (bicyclic) bond motifs is 1. The molecule has 1 N–H and O–H groups in total. The topological polar surface area (TPSA) is 69.7 Å². The maximum atomic E-state index is 12.6. The first-order valence-electron chi connectivity index (χ1n) is 7.43. The molecule has 1 unspecified atom stereocenters. The number of hydrogen-bond donors (Lipinski definition) is 1. The van der Waals surface area contributed by atoms with Gasteiger partial charge in [0.15, 0.2) is 11.5 Å². The molecular formula is C17H18N2O4. The Morgan fingerprint density at radius 1 is 1.26 bits per heavy atom. The van der Waals surface area contributed by atoms with Crippen LogP contribution in [0.2, 0.25) is 0 Å². The Balaban J connectivity index is 1.74. The molecule has 3 rings (SSSR count). The normalized spacial score (nSPS) is 19.0. The average Bonchev–Trinajstić information content (AvgIpc) is 2.55. The molecule has 2 heterocycles. The fraction of sp³-hybridized carbons (Fsp3) is 0.294. The number of rotatable bonds is 4. The van der Waals surface area contributed by atoms with E-state index >= 15 is 0 Å². The van der Waals surface area contributed by atoms with E-state index in [4.69, 9.17) is 14.2 Å². The van der Waals surface area contributed by atoms with Gasteiger partial charge in [-0.3, -0.25) is 4.79 Å². The molecular weight excluding hydrogens is 296 g/mol. The van der Waals surface area contributed by atoms with Crippen molar-refractivity contribution in [1.82, 2.24) is 4.98 Å². The Kier molecular flexibility index (Phi) is 4.06. The second kappa shape index (κ2) is 6.16. The molecule has 0 saturated heterocycles. The van der Waals surface area contributed by atoms with E-state index < -0.39 is 5.60 Å². The van der Waals surface area contributed by atoms with Crippen molar-refractivity contribution < 1.29 is 19.0 Å². The Morgan fingerprint density at radius 3 is 2.83 bits per heavy atom. The number of hydrogen-bond acceptors (Lipinski definition) is 5. The summed E-state index contributed by atoms with van der Waals surface area (Å²) in [5, 5.41) is 2.75. The number of nitrogens with zero attached hydrogens (tertiary/aromatic N) is 1. The summed E-state index contributed by atoms with van der Waals surface area (Å²) in [4.78, 5) is 16.8.